The first-order valence-electron chi connectivity index (χ1n) is 7.94. The molecule has 8 heteroatoms. The van der Waals surface area contributed by atoms with Crippen molar-refractivity contribution in [2.24, 2.45) is 5.92 Å². The van der Waals surface area contributed by atoms with Crippen molar-refractivity contribution in [3.8, 4) is 0 Å². The normalized spacial score (nSPS) is 19.3. The molecule has 7 nitrogen and oxygen atoms in total. The highest BCUT2D eigenvalue weighted by Gasteiger charge is 2.23. The molecule has 1 saturated heterocycles. The molecule has 1 aliphatic rings. The number of hydrogen-bond acceptors (Lipinski definition) is 6. The standard InChI is InChI=1S/C14H26N6OS/c1-3-20(8-6-13-15-17-18-16-13)14(21)10-19-7-4-5-12(9-19)11-22-2/h12H,3-11H2,1-2H3,(H,15,16,17,18). The Morgan fingerprint density at radius 2 is 2.41 bits per heavy atom. The molecule has 0 aliphatic carbocycles. The number of nitrogens with one attached hydrogen (secondary N) is 1. The van der Waals surface area contributed by atoms with Crippen molar-refractivity contribution in [1.29, 1.82) is 0 Å². The van der Waals surface area contributed by atoms with Crippen LogP contribution in [-0.2, 0) is 11.2 Å². The predicted octanol–water partition coefficient (Wildman–Crippen LogP) is 0.666. The topological polar surface area (TPSA) is 78.0 Å². The molecule has 1 unspecified atom stereocenters. The largest absolute Gasteiger partial charge is 0.341 e. The Labute approximate surface area is 136 Å². The Kier molecular flexibility index (Phi) is 7.11. The van der Waals surface area contributed by atoms with E-state index in [1.807, 2.05) is 23.6 Å². The molecule has 124 valence electrons. The van der Waals surface area contributed by atoms with Crippen LogP contribution in [0.1, 0.15) is 25.6 Å². The molecule has 1 amide bonds. The minimum atomic E-state index is 0.204. The third-order valence-electron chi connectivity index (χ3n) is 4.09. The molecular weight excluding hydrogens is 300 g/mol. The molecule has 1 fully saturated rings. The molecule has 0 saturated carbocycles. The lowest BCUT2D eigenvalue weighted by atomic mass is 10.00. The number of amides is 1. The number of thioether (sulfide) groups is 1. The number of carbonyl (C=O) groups excluding carboxylic acids is 1. The summed E-state index contributed by atoms with van der Waals surface area (Å²) in [5.41, 5.74) is 0. The second-order valence-electron chi connectivity index (χ2n) is 5.75. The highest BCUT2D eigenvalue weighted by Crippen LogP contribution is 2.19. The van der Waals surface area contributed by atoms with Gasteiger partial charge in [-0.1, -0.05) is 5.21 Å². The molecule has 2 rings (SSSR count). The van der Waals surface area contributed by atoms with Crippen molar-refractivity contribution >= 4 is 17.7 Å². The van der Waals surface area contributed by atoms with Gasteiger partial charge >= 0.3 is 0 Å². The van der Waals surface area contributed by atoms with Gasteiger partial charge in [0.25, 0.3) is 0 Å². The van der Waals surface area contributed by atoms with E-state index in [0.717, 1.165) is 25.6 Å². The predicted molar refractivity (Wildman–Crippen MR) is 87.7 cm³/mol. The molecule has 1 N–H and O–H groups in total. The molecule has 2 heterocycles. The Morgan fingerprint density at radius 3 is 3.09 bits per heavy atom. The van der Waals surface area contributed by atoms with Crippen molar-refractivity contribution in [1.82, 2.24) is 30.4 Å². The maximum Gasteiger partial charge on any atom is 0.236 e. The summed E-state index contributed by atoms with van der Waals surface area (Å²) in [4.78, 5) is 16.7. The summed E-state index contributed by atoms with van der Waals surface area (Å²) in [7, 11) is 0. The molecular formula is C14H26N6OS. The number of rotatable bonds is 8. The highest BCUT2D eigenvalue weighted by molar-refractivity contribution is 7.98. The fourth-order valence-electron chi connectivity index (χ4n) is 2.94. The molecule has 1 aromatic heterocycles. The van der Waals surface area contributed by atoms with E-state index in [1.54, 1.807) is 0 Å². The number of likely N-dealkylation sites (N-methyl/N-ethyl adjacent to an activating group) is 1. The van der Waals surface area contributed by atoms with Gasteiger partial charge < -0.3 is 4.90 Å². The second kappa shape index (κ2) is 9.09. The molecule has 0 radical (unpaired) electrons. The third kappa shape index (κ3) is 5.24. The fraction of sp³-hybridized carbons (Fsp3) is 0.857. The third-order valence-corrected chi connectivity index (χ3v) is 4.90. The van der Waals surface area contributed by atoms with Gasteiger partial charge in [-0.3, -0.25) is 9.69 Å². The Morgan fingerprint density at radius 1 is 1.55 bits per heavy atom. The smallest absolute Gasteiger partial charge is 0.236 e. The van der Waals surface area contributed by atoms with Gasteiger partial charge in [0.2, 0.25) is 5.91 Å². The average Bonchev–Trinajstić information content (AvgIpc) is 3.02. The van der Waals surface area contributed by atoms with Crippen LogP contribution in [0.25, 0.3) is 0 Å². The van der Waals surface area contributed by atoms with Gasteiger partial charge in [-0.25, -0.2) is 0 Å². The number of piperidine rings is 1. The number of carbonyl (C=O) groups is 1. The van der Waals surface area contributed by atoms with Crippen molar-refractivity contribution in [2.75, 3.05) is 44.7 Å². The number of tetrazole rings is 1. The van der Waals surface area contributed by atoms with E-state index in [0.29, 0.717) is 25.3 Å². The zero-order valence-electron chi connectivity index (χ0n) is 13.5. The minimum Gasteiger partial charge on any atom is -0.341 e. The van der Waals surface area contributed by atoms with E-state index in [4.69, 9.17) is 0 Å². The van der Waals surface area contributed by atoms with Gasteiger partial charge in [-0.2, -0.15) is 17.0 Å². The van der Waals surface area contributed by atoms with Gasteiger partial charge in [-0.05, 0) is 44.2 Å². The van der Waals surface area contributed by atoms with Crippen molar-refractivity contribution < 1.29 is 4.79 Å². The first-order valence-corrected chi connectivity index (χ1v) is 9.33. The molecule has 0 aromatic carbocycles. The Bertz CT molecular complexity index is 439. The molecule has 1 aliphatic heterocycles. The first-order chi connectivity index (χ1) is 10.7. The summed E-state index contributed by atoms with van der Waals surface area (Å²) in [5.74, 6) is 2.78. The number of H-pyrrole nitrogens is 1. The number of aromatic nitrogens is 4. The summed E-state index contributed by atoms with van der Waals surface area (Å²) in [6.45, 7) is 6.01. The molecule has 22 heavy (non-hydrogen) atoms. The number of aromatic amines is 1. The van der Waals surface area contributed by atoms with Crippen LogP contribution in [0.2, 0.25) is 0 Å². The quantitative estimate of drug-likeness (QED) is 0.756. The molecule has 0 spiro atoms. The monoisotopic (exact) mass is 326 g/mol. The summed E-state index contributed by atoms with van der Waals surface area (Å²) in [6, 6.07) is 0. The van der Waals surface area contributed by atoms with Crippen LogP contribution in [0.3, 0.4) is 0 Å². The van der Waals surface area contributed by atoms with Gasteiger partial charge in [-0.15, -0.1) is 10.2 Å². The van der Waals surface area contributed by atoms with E-state index in [1.165, 1.54) is 18.6 Å². The highest BCUT2D eigenvalue weighted by atomic mass is 32.2. The van der Waals surface area contributed by atoms with Gasteiger partial charge in [0, 0.05) is 26.1 Å². The summed E-state index contributed by atoms with van der Waals surface area (Å²) >= 11 is 1.90. The van der Waals surface area contributed by atoms with E-state index in [9.17, 15) is 4.79 Å². The summed E-state index contributed by atoms with van der Waals surface area (Å²) in [6.07, 6.45) is 5.29. The number of nitrogens with zero attached hydrogens (tertiary/aromatic N) is 5. The zero-order chi connectivity index (χ0) is 15.8. The average molecular weight is 326 g/mol. The minimum absolute atomic E-state index is 0.204. The maximum absolute atomic E-state index is 12.5. The zero-order valence-corrected chi connectivity index (χ0v) is 14.3. The maximum atomic E-state index is 12.5. The van der Waals surface area contributed by atoms with Gasteiger partial charge in [0.1, 0.15) is 0 Å². The summed E-state index contributed by atoms with van der Waals surface area (Å²) < 4.78 is 0. The SMILES string of the molecule is CCN(CCc1nn[nH]n1)C(=O)CN1CCCC(CSC)C1. The van der Waals surface area contributed by atoms with E-state index >= 15 is 0 Å². The number of hydrogen-bond donors (Lipinski definition) is 1. The second-order valence-corrected chi connectivity index (χ2v) is 6.66. The lowest BCUT2D eigenvalue weighted by molar-refractivity contribution is -0.132. The summed E-state index contributed by atoms with van der Waals surface area (Å²) in [5, 5.41) is 13.8. The lowest BCUT2D eigenvalue weighted by Crippen LogP contribution is -2.45. The first kappa shape index (κ1) is 17.2. The number of likely N-dealkylation sites (tertiary alicyclic amines) is 1. The molecule has 1 aromatic rings. The lowest BCUT2D eigenvalue weighted by Gasteiger charge is -2.33. The molecule has 0 bridgehead atoms. The van der Waals surface area contributed by atoms with Crippen LogP contribution >= 0.6 is 11.8 Å². The van der Waals surface area contributed by atoms with E-state index in [-0.39, 0.29) is 5.91 Å². The van der Waals surface area contributed by atoms with E-state index < -0.39 is 0 Å². The van der Waals surface area contributed by atoms with Gasteiger partial charge in [0.05, 0.1) is 6.54 Å². The van der Waals surface area contributed by atoms with Crippen molar-refractivity contribution in [3.05, 3.63) is 5.82 Å². The van der Waals surface area contributed by atoms with Crippen LogP contribution in [-0.4, -0.2) is 81.1 Å². The van der Waals surface area contributed by atoms with Crippen molar-refractivity contribution in [2.45, 2.75) is 26.2 Å². The van der Waals surface area contributed by atoms with Crippen molar-refractivity contribution in [3.63, 3.8) is 0 Å². The molecule has 1 atom stereocenters. The van der Waals surface area contributed by atoms with Crippen LogP contribution in [0, 0.1) is 5.92 Å². The fourth-order valence-corrected chi connectivity index (χ4v) is 3.68. The van der Waals surface area contributed by atoms with Crippen LogP contribution in [0.15, 0.2) is 0 Å². The van der Waals surface area contributed by atoms with Crippen LogP contribution in [0.5, 0.6) is 0 Å². The van der Waals surface area contributed by atoms with Crippen LogP contribution < -0.4 is 0 Å². The van der Waals surface area contributed by atoms with Gasteiger partial charge in [0.15, 0.2) is 5.82 Å². The Balaban J connectivity index is 1.78. The van der Waals surface area contributed by atoms with E-state index in [2.05, 4.69) is 31.8 Å². The van der Waals surface area contributed by atoms with Crippen LogP contribution in [0.4, 0.5) is 0 Å². The Hall–Kier alpha value is -1.15.